The number of hydrogen-bond donors (Lipinski definition) is 1. The zero-order valence-electron chi connectivity index (χ0n) is 49.0. The van der Waals surface area contributed by atoms with Gasteiger partial charge in [-0.15, -0.1) is 0 Å². The van der Waals surface area contributed by atoms with Crippen molar-refractivity contribution < 1.29 is 43.2 Å². The first kappa shape index (κ1) is 70.8. The molecule has 0 heterocycles. The number of rotatable bonds is 57. The number of esters is 4. The second-order valence-corrected chi connectivity index (χ2v) is 21.5. The first-order valence-electron chi connectivity index (χ1n) is 31.4. The van der Waals surface area contributed by atoms with Crippen LogP contribution in [0.15, 0.2) is 0 Å². The number of aliphatic hydroxyl groups is 1. The first-order chi connectivity index (χ1) is 35.6. The highest BCUT2D eigenvalue weighted by Gasteiger charge is 2.15. The van der Waals surface area contributed by atoms with Crippen molar-refractivity contribution in [3.05, 3.63) is 0 Å². The summed E-state index contributed by atoms with van der Waals surface area (Å²) in [6.45, 7) is 19.4. The predicted octanol–water partition coefficient (Wildman–Crippen LogP) is 16.0. The molecule has 432 valence electrons. The summed E-state index contributed by atoms with van der Waals surface area (Å²) in [6, 6.07) is 0. The molecule has 0 amide bonds. The predicted molar refractivity (Wildman–Crippen MR) is 304 cm³/mol. The molecule has 0 rings (SSSR count). The molecule has 0 aromatic rings. The molecule has 0 fully saturated rings. The maximum atomic E-state index is 12.7. The van der Waals surface area contributed by atoms with Gasteiger partial charge in [0.1, 0.15) is 18.3 Å². The zero-order valence-corrected chi connectivity index (χ0v) is 49.0. The van der Waals surface area contributed by atoms with E-state index in [1.807, 2.05) is 0 Å². The van der Waals surface area contributed by atoms with E-state index in [1.165, 1.54) is 77.0 Å². The standard InChI is InChI=1S/C62H120N2O9/c1-7-13-28-41-56(10-4)71-60(67)44-31-22-16-19-25-34-48-63(49-35-26-20-17-23-32-45-61(68)72-57(11-5)42-29-14-8-2)51-37-38-55-70-59(66)47-39-52-64(53-40-54-65)50-36-27-21-18-24-33-46-62(69)73-58(12-6)43-30-15-9-3/h56-58,65H,7-55H2,1-6H3. The lowest BCUT2D eigenvalue weighted by Gasteiger charge is -2.22. The molecule has 11 nitrogen and oxygen atoms in total. The number of aliphatic hydroxyl groups excluding tert-OH is 1. The van der Waals surface area contributed by atoms with Gasteiger partial charge in [0, 0.05) is 38.8 Å². The monoisotopic (exact) mass is 1040 g/mol. The van der Waals surface area contributed by atoms with E-state index in [4.69, 9.17) is 18.9 Å². The van der Waals surface area contributed by atoms with E-state index < -0.39 is 0 Å². The van der Waals surface area contributed by atoms with Gasteiger partial charge in [-0.25, -0.2) is 0 Å². The van der Waals surface area contributed by atoms with E-state index in [0.29, 0.717) is 32.3 Å². The van der Waals surface area contributed by atoms with Crippen molar-refractivity contribution in [2.45, 2.75) is 323 Å². The van der Waals surface area contributed by atoms with Crippen molar-refractivity contribution in [2.75, 3.05) is 52.5 Å². The normalized spacial score (nSPS) is 12.8. The van der Waals surface area contributed by atoms with E-state index >= 15 is 0 Å². The number of unbranched alkanes of at least 4 members (excludes halogenated alkanes) is 22. The van der Waals surface area contributed by atoms with Crippen LogP contribution in [0.5, 0.6) is 0 Å². The Bertz CT molecular complexity index is 1190. The van der Waals surface area contributed by atoms with Crippen molar-refractivity contribution in [1.29, 1.82) is 0 Å². The number of hydrogen-bond acceptors (Lipinski definition) is 11. The zero-order chi connectivity index (χ0) is 53.7. The Morgan fingerprint density at radius 2 is 0.616 bits per heavy atom. The summed E-state index contributed by atoms with van der Waals surface area (Å²) in [5.74, 6) is -0.207. The van der Waals surface area contributed by atoms with Gasteiger partial charge in [-0.05, 0) is 155 Å². The van der Waals surface area contributed by atoms with Gasteiger partial charge in [0.05, 0.1) is 6.61 Å². The van der Waals surface area contributed by atoms with Crippen molar-refractivity contribution in [3.63, 3.8) is 0 Å². The second kappa shape index (κ2) is 54.5. The third-order valence-corrected chi connectivity index (χ3v) is 14.6. The van der Waals surface area contributed by atoms with E-state index in [0.717, 1.165) is 200 Å². The molecule has 0 aromatic carbocycles. The Balaban J connectivity index is 4.59. The molecule has 0 aliphatic heterocycles. The fourth-order valence-corrected chi connectivity index (χ4v) is 9.68. The van der Waals surface area contributed by atoms with Crippen LogP contribution in [0.4, 0.5) is 0 Å². The van der Waals surface area contributed by atoms with Crippen molar-refractivity contribution in [2.24, 2.45) is 0 Å². The van der Waals surface area contributed by atoms with E-state index in [-0.39, 0.29) is 48.8 Å². The van der Waals surface area contributed by atoms with Gasteiger partial charge in [0.25, 0.3) is 0 Å². The van der Waals surface area contributed by atoms with E-state index in [9.17, 15) is 24.3 Å². The Morgan fingerprint density at radius 1 is 0.329 bits per heavy atom. The molecular weight excluding hydrogens is 917 g/mol. The minimum Gasteiger partial charge on any atom is -0.466 e. The molecular formula is C62H120N2O9. The molecule has 0 radical (unpaired) electrons. The highest BCUT2D eigenvalue weighted by atomic mass is 16.6. The van der Waals surface area contributed by atoms with Gasteiger partial charge in [-0.3, -0.25) is 19.2 Å². The van der Waals surface area contributed by atoms with Crippen LogP contribution in [0.2, 0.25) is 0 Å². The molecule has 73 heavy (non-hydrogen) atoms. The lowest BCUT2D eigenvalue weighted by Crippen LogP contribution is -2.28. The van der Waals surface area contributed by atoms with Crippen LogP contribution in [0, 0.1) is 0 Å². The van der Waals surface area contributed by atoms with Gasteiger partial charge >= 0.3 is 23.9 Å². The SMILES string of the molecule is CCCCCC(CC)OC(=O)CCCCCCCCN(CCCCCCCCC(=O)OC(CC)CCCCC)CCCCOC(=O)CCCN(CCCO)CCCCCCCCC(=O)OC(CC)CCCCC. The molecule has 0 bridgehead atoms. The van der Waals surface area contributed by atoms with Crippen LogP contribution in [0.3, 0.4) is 0 Å². The lowest BCUT2D eigenvalue weighted by atomic mass is 10.1. The second-order valence-electron chi connectivity index (χ2n) is 21.5. The largest absolute Gasteiger partial charge is 0.466 e. The number of carbonyl (C=O) groups is 4. The van der Waals surface area contributed by atoms with Gasteiger partial charge in [-0.1, -0.05) is 157 Å². The fourth-order valence-electron chi connectivity index (χ4n) is 9.68. The van der Waals surface area contributed by atoms with Gasteiger partial charge < -0.3 is 33.9 Å². The maximum Gasteiger partial charge on any atom is 0.306 e. The van der Waals surface area contributed by atoms with Crippen LogP contribution in [-0.2, 0) is 38.1 Å². The Kier molecular flexibility index (Phi) is 52.9. The number of ether oxygens (including phenoxy) is 4. The topological polar surface area (TPSA) is 132 Å². The summed E-state index contributed by atoms with van der Waals surface area (Å²) in [4.78, 5) is 54.8. The third kappa shape index (κ3) is 47.9. The van der Waals surface area contributed by atoms with Crippen LogP contribution >= 0.6 is 0 Å². The van der Waals surface area contributed by atoms with Crippen LogP contribution in [-0.4, -0.2) is 110 Å². The molecule has 0 aliphatic carbocycles. The molecule has 3 unspecified atom stereocenters. The molecule has 3 atom stereocenters. The highest BCUT2D eigenvalue weighted by Crippen LogP contribution is 2.18. The van der Waals surface area contributed by atoms with Gasteiger partial charge in [0.15, 0.2) is 0 Å². The smallest absolute Gasteiger partial charge is 0.306 e. The maximum absolute atomic E-state index is 12.7. The van der Waals surface area contributed by atoms with Crippen LogP contribution < -0.4 is 0 Å². The number of carbonyl (C=O) groups excluding carboxylic acids is 4. The summed E-state index contributed by atoms with van der Waals surface area (Å²) < 4.78 is 22.9. The first-order valence-corrected chi connectivity index (χ1v) is 31.4. The Hall–Kier alpha value is -2.24. The number of nitrogens with zero attached hydrogens (tertiary/aromatic N) is 2. The molecule has 0 saturated carbocycles. The minimum absolute atomic E-state index is 0.0274. The summed E-state index contributed by atoms with van der Waals surface area (Å²) in [5.41, 5.74) is 0. The van der Waals surface area contributed by atoms with Crippen molar-refractivity contribution >= 4 is 23.9 Å². The summed E-state index contributed by atoms with van der Waals surface area (Å²) >= 11 is 0. The van der Waals surface area contributed by atoms with Crippen molar-refractivity contribution in [3.8, 4) is 0 Å². The van der Waals surface area contributed by atoms with Gasteiger partial charge in [0.2, 0.25) is 0 Å². The quantitative estimate of drug-likeness (QED) is 0.0355. The Labute approximate surface area is 450 Å². The summed E-state index contributed by atoms with van der Waals surface area (Å²) in [7, 11) is 0. The van der Waals surface area contributed by atoms with E-state index in [1.54, 1.807) is 0 Å². The fraction of sp³-hybridized carbons (Fsp3) is 0.935. The summed E-state index contributed by atoms with van der Waals surface area (Å²) in [5, 5.41) is 9.48. The summed E-state index contributed by atoms with van der Waals surface area (Å²) in [6.07, 6.45) is 41.7. The van der Waals surface area contributed by atoms with Crippen LogP contribution in [0.1, 0.15) is 305 Å². The molecule has 0 aromatic heterocycles. The van der Waals surface area contributed by atoms with Gasteiger partial charge in [-0.2, -0.15) is 0 Å². The average Bonchev–Trinajstić information content (AvgIpc) is 3.38. The highest BCUT2D eigenvalue weighted by molar-refractivity contribution is 5.70. The van der Waals surface area contributed by atoms with Crippen LogP contribution in [0.25, 0.3) is 0 Å². The van der Waals surface area contributed by atoms with Crippen molar-refractivity contribution in [1.82, 2.24) is 9.80 Å². The Morgan fingerprint density at radius 3 is 0.945 bits per heavy atom. The minimum atomic E-state index is -0.113. The molecule has 1 N–H and O–H groups in total. The molecule has 0 aliphatic rings. The van der Waals surface area contributed by atoms with E-state index in [2.05, 4.69) is 51.3 Å². The lowest BCUT2D eigenvalue weighted by molar-refractivity contribution is -0.150. The average molecular weight is 1040 g/mol. The molecule has 0 spiro atoms. The third-order valence-electron chi connectivity index (χ3n) is 14.6. The molecule has 0 saturated heterocycles. The molecule has 11 heteroatoms.